The first kappa shape index (κ1) is 26.6. The van der Waals surface area contributed by atoms with Gasteiger partial charge in [0, 0.05) is 36.9 Å². The van der Waals surface area contributed by atoms with Gasteiger partial charge in [-0.2, -0.15) is 18.2 Å². The molecule has 1 amide bonds. The molecule has 9 nitrogen and oxygen atoms in total. The van der Waals surface area contributed by atoms with Gasteiger partial charge in [-0.1, -0.05) is 12.2 Å². The van der Waals surface area contributed by atoms with Crippen molar-refractivity contribution in [2.45, 2.75) is 30.4 Å². The van der Waals surface area contributed by atoms with Crippen molar-refractivity contribution in [1.29, 1.82) is 0 Å². The number of nitrogens with one attached hydrogen (secondary N) is 3. The number of alkyl halides is 4. The maximum Gasteiger partial charge on any atom is 0.416 e. The summed E-state index contributed by atoms with van der Waals surface area (Å²) in [5.41, 5.74) is 4.62. The zero-order valence-corrected chi connectivity index (χ0v) is 20.1. The van der Waals surface area contributed by atoms with E-state index in [2.05, 4.69) is 26.1 Å². The highest BCUT2D eigenvalue weighted by Crippen LogP contribution is 2.30. The number of aromatic nitrogens is 2. The standard InChI is InChI=1S/C23H23ClF4N6O3/c24-17-9-13(21(36)31-16-3-1-2-15(10-16)23(26,27)28)8-14(19(17)35)11-30-33-22-29-12-18(25)20(32-22)34-4-6-37-7-5-34/h1-2,8,10-12,16-17,30H,3-7,9H2,(H,31,36)(H,29,32,33). The number of halogens is 5. The molecule has 2 heterocycles. The summed E-state index contributed by atoms with van der Waals surface area (Å²) in [7, 11) is 0. The number of morpholine rings is 1. The minimum absolute atomic E-state index is 0.0324. The van der Waals surface area contributed by atoms with Crippen LogP contribution in [-0.2, 0) is 14.3 Å². The van der Waals surface area contributed by atoms with E-state index in [0.29, 0.717) is 26.3 Å². The van der Waals surface area contributed by atoms with E-state index < -0.39 is 40.7 Å². The van der Waals surface area contributed by atoms with Gasteiger partial charge in [0.05, 0.1) is 31.0 Å². The van der Waals surface area contributed by atoms with Gasteiger partial charge >= 0.3 is 6.18 Å². The molecular weight excluding hydrogens is 520 g/mol. The van der Waals surface area contributed by atoms with Crippen LogP contribution in [0.5, 0.6) is 0 Å². The van der Waals surface area contributed by atoms with Gasteiger partial charge < -0.3 is 20.4 Å². The lowest BCUT2D eigenvalue weighted by molar-refractivity contribution is -0.118. The molecule has 14 heteroatoms. The SMILES string of the molecule is O=C(NC1C=C(C(F)(F)F)C=CC1)C1=CC(=CNNc2ncc(F)c(N3CCOCC3)n2)C(=O)C(Cl)C1. The summed E-state index contributed by atoms with van der Waals surface area (Å²) in [4.78, 5) is 34.9. The molecule has 2 atom stereocenters. The Morgan fingerprint density at radius 3 is 2.76 bits per heavy atom. The second-order valence-corrected chi connectivity index (χ2v) is 8.90. The Balaban J connectivity index is 1.43. The molecular formula is C23H23ClF4N6O3. The normalized spacial score (nSPS) is 23.4. The average Bonchev–Trinajstić information content (AvgIpc) is 2.87. The van der Waals surface area contributed by atoms with Crippen molar-refractivity contribution in [1.82, 2.24) is 20.7 Å². The molecule has 1 aliphatic heterocycles. The van der Waals surface area contributed by atoms with E-state index in [9.17, 15) is 27.2 Å². The van der Waals surface area contributed by atoms with Crippen molar-refractivity contribution >= 4 is 35.1 Å². The number of ether oxygens (including phenoxy) is 1. The Labute approximate surface area is 214 Å². The molecule has 1 aromatic rings. The summed E-state index contributed by atoms with van der Waals surface area (Å²) in [5, 5.41) is 1.49. The fourth-order valence-corrected chi connectivity index (χ4v) is 4.17. The molecule has 198 valence electrons. The Bertz CT molecular complexity index is 1180. The van der Waals surface area contributed by atoms with Crippen molar-refractivity contribution in [2.24, 2.45) is 0 Å². The van der Waals surface area contributed by atoms with Gasteiger partial charge in [0.15, 0.2) is 17.4 Å². The van der Waals surface area contributed by atoms with E-state index in [1.807, 2.05) is 0 Å². The summed E-state index contributed by atoms with van der Waals surface area (Å²) < 4.78 is 58.4. The van der Waals surface area contributed by atoms with Crippen LogP contribution in [0, 0.1) is 5.82 Å². The maximum atomic E-state index is 14.2. The Hall–Kier alpha value is -3.45. The van der Waals surface area contributed by atoms with Crippen LogP contribution in [0.25, 0.3) is 0 Å². The van der Waals surface area contributed by atoms with Crippen LogP contribution < -0.4 is 21.1 Å². The van der Waals surface area contributed by atoms with Crippen molar-refractivity contribution in [3.05, 3.63) is 59.2 Å². The second-order valence-electron chi connectivity index (χ2n) is 8.38. The number of Topliss-reactive ketones (excluding diaryl/α,β-unsaturated/α-hetero) is 1. The summed E-state index contributed by atoms with van der Waals surface area (Å²) >= 11 is 6.13. The van der Waals surface area contributed by atoms with E-state index in [1.165, 1.54) is 18.4 Å². The number of allylic oxidation sites excluding steroid dienone is 4. The lowest BCUT2D eigenvalue weighted by Crippen LogP contribution is -2.38. The number of nitrogens with zero attached hydrogens (tertiary/aromatic N) is 3. The fraction of sp³-hybridized carbons (Fsp3) is 0.391. The van der Waals surface area contributed by atoms with E-state index in [-0.39, 0.29) is 35.8 Å². The molecule has 0 spiro atoms. The number of hydrogen-bond acceptors (Lipinski definition) is 8. The Kier molecular flexibility index (Phi) is 8.13. The van der Waals surface area contributed by atoms with Gasteiger partial charge in [0.25, 0.3) is 0 Å². The van der Waals surface area contributed by atoms with Crippen molar-refractivity contribution in [3.63, 3.8) is 0 Å². The largest absolute Gasteiger partial charge is 0.416 e. The van der Waals surface area contributed by atoms with Crippen LogP contribution in [0.4, 0.5) is 29.3 Å². The van der Waals surface area contributed by atoms with Gasteiger partial charge in [0.1, 0.15) is 5.38 Å². The Morgan fingerprint density at radius 2 is 2.03 bits per heavy atom. The number of amides is 1. The smallest absolute Gasteiger partial charge is 0.378 e. The third-order valence-corrected chi connectivity index (χ3v) is 6.10. The van der Waals surface area contributed by atoms with Gasteiger partial charge in [-0.15, -0.1) is 11.6 Å². The van der Waals surface area contributed by atoms with Crippen LogP contribution in [0.1, 0.15) is 12.8 Å². The fourth-order valence-electron chi connectivity index (χ4n) is 3.88. The number of anilines is 2. The van der Waals surface area contributed by atoms with Crippen LogP contribution in [0.3, 0.4) is 0 Å². The predicted molar refractivity (Wildman–Crippen MR) is 127 cm³/mol. The third kappa shape index (κ3) is 6.66. The summed E-state index contributed by atoms with van der Waals surface area (Å²) in [5.74, 6) is -1.55. The quantitative estimate of drug-likeness (QED) is 0.218. The first-order chi connectivity index (χ1) is 17.6. The number of carbonyl (C=O) groups is 2. The highest BCUT2D eigenvalue weighted by atomic mass is 35.5. The topological polar surface area (TPSA) is 108 Å². The predicted octanol–water partition coefficient (Wildman–Crippen LogP) is 2.69. The zero-order valence-electron chi connectivity index (χ0n) is 19.3. The van der Waals surface area contributed by atoms with Gasteiger partial charge in [-0.3, -0.25) is 15.0 Å². The highest BCUT2D eigenvalue weighted by molar-refractivity contribution is 6.35. The molecule has 2 aliphatic carbocycles. The summed E-state index contributed by atoms with van der Waals surface area (Å²) in [6.07, 6.45) is 2.39. The number of ketones is 1. The van der Waals surface area contributed by atoms with E-state index in [1.54, 1.807) is 4.90 Å². The van der Waals surface area contributed by atoms with Crippen molar-refractivity contribution in [2.75, 3.05) is 36.6 Å². The average molecular weight is 543 g/mol. The monoisotopic (exact) mass is 542 g/mol. The molecule has 0 saturated carbocycles. The van der Waals surface area contributed by atoms with Crippen molar-refractivity contribution in [3.8, 4) is 0 Å². The van der Waals surface area contributed by atoms with E-state index in [0.717, 1.165) is 18.3 Å². The lowest BCUT2D eigenvalue weighted by Gasteiger charge is -2.28. The molecule has 1 aromatic heterocycles. The minimum atomic E-state index is -4.52. The van der Waals surface area contributed by atoms with E-state index >= 15 is 0 Å². The molecule has 1 saturated heterocycles. The lowest BCUT2D eigenvalue weighted by atomic mass is 9.93. The van der Waals surface area contributed by atoms with Gasteiger partial charge in [-0.05, 0) is 18.6 Å². The highest BCUT2D eigenvalue weighted by Gasteiger charge is 2.34. The zero-order chi connectivity index (χ0) is 26.6. The molecule has 0 radical (unpaired) electrons. The van der Waals surface area contributed by atoms with Crippen LogP contribution >= 0.6 is 11.6 Å². The van der Waals surface area contributed by atoms with E-state index in [4.69, 9.17) is 16.3 Å². The second kappa shape index (κ2) is 11.3. The summed E-state index contributed by atoms with van der Waals surface area (Å²) in [6.45, 7) is 1.82. The van der Waals surface area contributed by atoms with Crippen LogP contribution in [0.15, 0.2) is 53.4 Å². The number of hydrazine groups is 1. The van der Waals surface area contributed by atoms with Gasteiger partial charge in [0.2, 0.25) is 11.9 Å². The summed E-state index contributed by atoms with van der Waals surface area (Å²) in [6, 6.07) is -0.857. The number of rotatable bonds is 6. The van der Waals surface area contributed by atoms with Crippen LogP contribution in [-0.4, -0.2) is 65.6 Å². The van der Waals surface area contributed by atoms with Crippen LogP contribution in [0.2, 0.25) is 0 Å². The molecule has 3 aliphatic rings. The Morgan fingerprint density at radius 1 is 1.27 bits per heavy atom. The minimum Gasteiger partial charge on any atom is -0.378 e. The number of carbonyl (C=O) groups excluding carboxylic acids is 2. The third-order valence-electron chi connectivity index (χ3n) is 5.75. The molecule has 37 heavy (non-hydrogen) atoms. The molecule has 2 unspecified atom stereocenters. The molecule has 0 aromatic carbocycles. The molecule has 4 rings (SSSR count). The number of hydrogen-bond donors (Lipinski definition) is 3. The molecule has 0 bridgehead atoms. The maximum absolute atomic E-state index is 14.2. The first-order valence-electron chi connectivity index (χ1n) is 11.3. The molecule has 1 fully saturated rings. The first-order valence-corrected chi connectivity index (χ1v) is 11.8. The van der Waals surface area contributed by atoms with Gasteiger partial charge in [-0.25, -0.2) is 9.37 Å². The van der Waals surface area contributed by atoms with Crippen molar-refractivity contribution < 1.29 is 31.9 Å². The molecule has 3 N–H and O–H groups in total.